The van der Waals surface area contributed by atoms with E-state index in [-0.39, 0.29) is 5.75 Å². The Labute approximate surface area is 129 Å². The number of phenolic OH excluding ortho intramolecular Hbond substituents is 1. The van der Waals surface area contributed by atoms with Crippen molar-refractivity contribution in [2.45, 2.75) is 6.54 Å². The smallest absolute Gasteiger partial charge is 0.165 e. The summed E-state index contributed by atoms with van der Waals surface area (Å²) in [6.07, 6.45) is 3.55. The molecule has 0 bridgehead atoms. The van der Waals surface area contributed by atoms with Gasteiger partial charge in [-0.1, -0.05) is 12.1 Å². The second-order valence-electron chi connectivity index (χ2n) is 4.34. The summed E-state index contributed by atoms with van der Waals surface area (Å²) in [5.41, 5.74) is 2.55. The molecule has 0 saturated heterocycles. The Kier molecular flexibility index (Phi) is 3.47. The first-order valence-corrected chi connectivity index (χ1v) is 7.08. The van der Waals surface area contributed by atoms with Gasteiger partial charge in [0.05, 0.1) is 20.0 Å². The van der Waals surface area contributed by atoms with E-state index < -0.39 is 0 Å². The normalized spacial score (nSPS) is 10.9. The van der Waals surface area contributed by atoms with Crippen molar-refractivity contribution in [1.29, 1.82) is 0 Å². The number of hydrogen-bond acceptors (Lipinski definition) is 4. The topological polar surface area (TPSA) is 60.2 Å². The lowest BCUT2D eigenvalue weighted by Gasteiger charge is -2.10. The monoisotopic (exact) mass is 381 g/mol. The van der Waals surface area contributed by atoms with E-state index in [4.69, 9.17) is 4.74 Å². The van der Waals surface area contributed by atoms with Gasteiger partial charge in [-0.25, -0.2) is 9.97 Å². The molecule has 2 heterocycles. The molecule has 0 atom stereocenters. The molecular formula is C14H12IN3O2. The summed E-state index contributed by atoms with van der Waals surface area (Å²) in [5.74, 6) is 0.622. The molecule has 0 saturated carbocycles. The van der Waals surface area contributed by atoms with E-state index in [0.717, 1.165) is 20.3 Å². The molecule has 20 heavy (non-hydrogen) atoms. The number of hydrogen-bond donors (Lipinski definition) is 1. The maximum Gasteiger partial charge on any atom is 0.165 e. The molecule has 0 radical (unpaired) electrons. The van der Waals surface area contributed by atoms with Crippen LogP contribution in [0.2, 0.25) is 0 Å². The van der Waals surface area contributed by atoms with Crippen molar-refractivity contribution in [3.63, 3.8) is 0 Å². The highest BCUT2D eigenvalue weighted by Crippen LogP contribution is 2.30. The highest BCUT2D eigenvalue weighted by atomic mass is 127. The van der Waals surface area contributed by atoms with Crippen LogP contribution in [0.25, 0.3) is 11.2 Å². The highest BCUT2D eigenvalue weighted by Gasteiger charge is 2.11. The van der Waals surface area contributed by atoms with Gasteiger partial charge in [0.15, 0.2) is 17.1 Å². The lowest BCUT2D eigenvalue weighted by molar-refractivity contribution is 0.368. The third-order valence-corrected chi connectivity index (χ3v) is 3.63. The van der Waals surface area contributed by atoms with Crippen LogP contribution < -0.4 is 4.74 Å². The van der Waals surface area contributed by atoms with Crippen LogP contribution in [0.5, 0.6) is 11.5 Å². The van der Waals surface area contributed by atoms with Crippen molar-refractivity contribution >= 4 is 33.8 Å². The maximum absolute atomic E-state index is 9.80. The number of imidazole rings is 1. The Morgan fingerprint density at radius 1 is 1.35 bits per heavy atom. The standard InChI is InChI=1S/C14H12IN3O2/c1-20-13-9(3-2-4-12(13)19)7-18-8-17-11-5-10(15)6-16-14(11)18/h2-6,8,19H,7H2,1H3. The first kappa shape index (κ1) is 13.2. The zero-order valence-electron chi connectivity index (χ0n) is 10.7. The maximum atomic E-state index is 9.80. The molecule has 1 N–H and O–H groups in total. The van der Waals surface area contributed by atoms with Crippen LogP contribution in [-0.4, -0.2) is 26.8 Å². The van der Waals surface area contributed by atoms with Crippen molar-refractivity contribution in [3.05, 3.63) is 45.9 Å². The predicted octanol–water partition coefficient (Wildman–Crippen LogP) is 2.80. The number of rotatable bonds is 3. The Hall–Kier alpha value is -1.83. The summed E-state index contributed by atoms with van der Waals surface area (Å²) in [5, 5.41) is 9.80. The van der Waals surface area contributed by atoms with Gasteiger partial charge in [-0.2, -0.15) is 0 Å². The number of pyridine rings is 1. The number of para-hydroxylation sites is 1. The fourth-order valence-corrected chi connectivity index (χ4v) is 2.59. The van der Waals surface area contributed by atoms with Gasteiger partial charge in [-0.05, 0) is 34.7 Å². The van der Waals surface area contributed by atoms with Gasteiger partial charge >= 0.3 is 0 Å². The summed E-state index contributed by atoms with van der Waals surface area (Å²) >= 11 is 2.21. The van der Waals surface area contributed by atoms with E-state index in [2.05, 4.69) is 32.6 Å². The average Bonchev–Trinajstić information content (AvgIpc) is 2.81. The number of ether oxygens (including phenoxy) is 1. The van der Waals surface area contributed by atoms with Crippen LogP contribution in [0.4, 0.5) is 0 Å². The molecule has 102 valence electrons. The van der Waals surface area contributed by atoms with Gasteiger partial charge in [-0.15, -0.1) is 0 Å². The number of fused-ring (bicyclic) bond motifs is 1. The molecule has 5 nitrogen and oxygen atoms in total. The summed E-state index contributed by atoms with van der Waals surface area (Å²) in [7, 11) is 1.55. The van der Waals surface area contributed by atoms with Crippen LogP contribution in [0, 0.1) is 3.57 Å². The summed E-state index contributed by atoms with van der Waals surface area (Å²) in [6, 6.07) is 7.30. The number of halogens is 1. The summed E-state index contributed by atoms with van der Waals surface area (Å²) in [6.45, 7) is 0.543. The number of phenols is 1. The van der Waals surface area contributed by atoms with Gasteiger partial charge < -0.3 is 14.4 Å². The predicted molar refractivity (Wildman–Crippen MR) is 84.0 cm³/mol. The molecule has 2 aromatic heterocycles. The lowest BCUT2D eigenvalue weighted by atomic mass is 10.2. The summed E-state index contributed by atoms with van der Waals surface area (Å²) in [4.78, 5) is 8.75. The second-order valence-corrected chi connectivity index (χ2v) is 5.58. The first-order chi connectivity index (χ1) is 9.69. The Balaban J connectivity index is 2.04. The van der Waals surface area contributed by atoms with Crippen molar-refractivity contribution in [2.24, 2.45) is 0 Å². The quantitative estimate of drug-likeness (QED) is 0.709. The van der Waals surface area contributed by atoms with Crippen molar-refractivity contribution in [1.82, 2.24) is 14.5 Å². The van der Waals surface area contributed by atoms with Gasteiger partial charge in [0.1, 0.15) is 5.52 Å². The largest absolute Gasteiger partial charge is 0.504 e. The molecular weight excluding hydrogens is 369 g/mol. The molecule has 0 unspecified atom stereocenters. The highest BCUT2D eigenvalue weighted by molar-refractivity contribution is 14.1. The van der Waals surface area contributed by atoms with E-state index in [9.17, 15) is 5.11 Å². The fraction of sp³-hybridized carbons (Fsp3) is 0.143. The molecule has 3 aromatic rings. The molecule has 0 spiro atoms. The molecule has 0 aliphatic carbocycles. The van der Waals surface area contributed by atoms with E-state index in [1.54, 1.807) is 31.8 Å². The minimum absolute atomic E-state index is 0.136. The Morgan fingerprint density at radius 3 is 3.00 bits per heavy atom. The summed E-state index contributed by atoms with van der Waals surface area (Å²) < 4.78 is 8.24. The number of aromatic nitrogens is 3. The number of aromatic hydroxyl groups is 1. The van der Waals surface area contributed by atoms with E-state index in [1.165, 1.54) is 0 Å². The zero-order valence-corrected chi connectivity index (χ0v) is 12.9. The van der Waals surface area contributed by atoms with Crippen LogP contribution in [0.1, 0.15) is 5.56 Å². The van der Waals surface area contributed by atoms with E-state index >= 15 is 0 Å². The van der Waals surface area contributed by atoms with Crippen LogP contribution >= 0.6 is 22.6 Å². The zero-order chi connectivity index (χ0) is 14.1. The van der Waals surface area contributed by atoms with Gasteiger partial charge in [0.25, 0.3) is 0 Å². The van der Waals surface area contributed by atoms with Crippen LogP contribution in [-0.2, 0) is 6.54 Å². The molecule has 1 aromatic carbocycles. The van der Waals surface area contributed by atoms with Crippen molar-refractivity contribution < 1.29 is 9.84 Å². The molecule has 0 aliphatic rings. The SMILES string of the molecule is COc1c(O)cccc1Cn1cnc2cc(I)cnc21. The lowest BCUT2D eigenvalue weighted by Crippen LogP contribution is -2.01. The number of benzene rings is 1. The molecule has 0 fully saturated rings. The number of methoxy groups -OCH3 is 1. The Morgan fingerprint density at radius 2 is 2.20 bits per heavy atom. The second kappa shape index (κ2) is 5.28. The van der Waals surface area contributed by atoms with Crippen molar-refractivity contribution in [3.8, 4) is 11.5 Å². The third kappa shape index (κ3) is 2.31. The molecule has 6 heteroatoms. The minimum atomic E-state index is 0.136. The van der Waals surface area contributed by atoms with Crippen LogP contribution in [0.15, 0.2) is 36.8 Å². The van der Waals surface area contributed by atoms with Gasteiger partial charge in [0, 0.05) is 15.3 Å². The van der Waals surface area contributed by atoms with Gasteiger partial charge in [0.2, 0.25) is 0 Å². The minimum Gasteiger partial charge on any atom is -0.504 e. The van der Waals surface area contributed by atoms with E-state index in [1.807, 2.05) is 16.7 Å². The first-order valence-electron chi connectivity index (χ1n) is 6.00. The molecule has 0 amide bonds. The van der Waals surface area contributed by atoms with Crippen molar-refractivity contribution in [2.75, 3.05) is 7.11 Å². The van der Waals surface area contributed by atoms with E-state index in [0.29, 0.717) is 12.3 Å². The molecule has 3 rings (SSSR count). The average molecular weight is 381 g/mol. The molecule has 0 aliphatic heterocycles. The van der Waals surface area contributed by atoms with Crippen LogP contribution in [0.3, 0.4) is 0 Å². The van der Waals surface area contributed by atoms with Gasteiger partial charge in [-0.3, -0.25) is 0 Å². The third-order valence-electron chi connectivity index (χ3n) is 3.04. The Bertz CT molecular complexity index is 770. The number of nitrogens with zero attached hydrogens (tertiary/aromatic N) is 3. The fourth-order valence-electron chi connectivity index (χ4n) is 2.15.